The molecule has 0 atom stereocenters. The van der Waals surface area contributed by atoms with E-state index in [2.05, 4.69) is 10.5 Å². The molecule has 1 aliphatic carbocycles. The number of aryl methyl sites for hydroxylation is 1. The zero-order valence-electron chi connectivity index (χ0n) is 7.91. The maximum Gasteiger partial charge on any atom is 0.290 e. The molecule has 2 N–H and O–H groups in total. The molecule has 14 heavy (non-hydrogen) atoms. The Hall–Kier alpha value is -1.36. The summed E-state index contributed by atoms with van der Waals surface area (Å²) in [5.41, 5.74) is 0.298. The fraction of sp³-hybridized carbons (Fsp3) is 0.556. The fourth-order valence-corrected chi connectivity index (χ4v) is 1.28. The molecular weight excluding hydrogens is 184 g/mol. The highest BCUT2D eigenvalue weighted by atomic mass is 16.5. The van der Waals surface area contributed by atoms with Crippen LogP contribution in [0.15, 0.2) is 10.7 Å². The summed E-state index contributed by atoms with van der Waals surface area (Å²) >= 11 is 0. The van der Waals surface area contributed by atoms with Crippen LogP contribution < -0.4 is 5.32 Å². The number of amides is 1. The molecule has 1 fully saturated rings. The Kier molecular flexibility index (Phi) is 2.03. The lowest BCUT2D eigenvalue weighted by Crippen LogP contribution is -2.39. The van der Waals surface area contributed by atoms with Crippen molar-refractivity contribution >= 4 is 5.91 Å². The normalized spacial score (nSPS) is 17.9. The molecule has 2 rings (SSSR count). The van der Waals surface area contributed by atoms with Gasteiger partial charge in [0.05, 0.1) is 18.3 Å². The second kappa shape index (κ2) is 3.09. The smallest absolute Gasteiger partial charge is 0.290 e. The summed E-state index contributed by atoms with van der Waals surface area (Å²) < 4.78 is 4.80. The van der Waals surface area contributed by atoms with E-state index < -0.39 is 5.54 Å². The number of hydrogen-bond donors (Lipinski definition) is 2. The zero-order valence-corrected chi connectivity index (χ0v) is 7.91. The van der Waals surface area contributed by atoms with Gasteiger partial charge >= 0.3 is 0 Å². The number of nitrogens with one attached hydrogen (secondary N) is 1. The summed E-state index contributed by atoms with van der Waals surface area (Å²) in [5.74, 6) is -0.0729. The van der Waals surface area contributed by atoms with Crippen molar-refractivity contribution in [1.82, 2.24) is 10.5 Å². The van der Waals surface area contributed by atoms with Crippen molar-refractivity contribution in [2.75, 3.05) is 6.61 Å². The van der Waals surface area contributed by atoms with Crippen molar-refractivity contribution < 1.29 is 14.4 Å². The molecule has 0 bridgehead atoms. The topological polar surface area (TPSA) is 75.4 Å². The molecular formula is C9H12N2O3. The summed E-state index contributed by atoms with van der Waals surface area (Å²) in [7, 11) is 0. The monoisotopic (exact) mass is 196 g/mol. The highest BCUT2D eigenvalue weighted by molar-refractivity contribution is 5.93. The minimum atomic E-state index is -0.406. The first kappa shape index (κ1) is 9.21. The molecule has 5 nitrogen and oxygen atoms in total. The lowest BCUT2D eigenvalue weighted by molar-refractivity contribution is 0.0868. The first-order valence-corrected chi connectivity index (χ1v) is 4.51. The number of aliphatic hydroxyl groups is 1. The SMILES string of the molecule is Cc1cnoc1C(=O)NC1(CO)CC1. The molecule has 0 saturated heterocycles. The van der Waals surface area contributed by atoms with Gasteiger partial charge < -0.3 is 14.9 Å². The average Bonchev–Trinajstić information content (AvgIpc) is 2.80. The number of rotatable bonds is 3. The molecule has 0 aliphatic heterocycles. The van der Waals surface area contributed by atoms with Gasteiger partial charge in [0.1, 0.15) is 0 Å². The summed E-state index contributed by atoms with van der Waals surface area (Å²) in [6, 6.07) is 0. The predicted octanol–water partition coefficient (Wildman–Crippen LogP) is 0.238. The number of aromatic nitrogens is 1. The average molecular weight is 196 g/mol. The highest BCUT2D eigenvalue weighted by Crippen LogP contribution is 2.34. The third-order valence-corrected chi connectivity index (χ3v) is 2.49. The van der Waals surface area contributed by atoms with Gasteiger partial charge in [-0.15, -0.1) is 0 Å². The lowest BCUT2D eigenvalue weighted by Gasteiger charge is -2.12. The number of hydrogen-bond acceptors (Lipinski definition) is 4. The Morgan fingerprint density at radius 2 is 2.50 bits per heavy atom. The second-order valence-corrected chi connectivity index (χ2v) is 3.73. The van der Waals surface area contributed by atoms with E-state index in [1.807, 2.05) is 0 Å². The van der Waals surface area contributed by atoms with Crippen LogP contribution in [0.2, 0.25) is 0 Å². The Labute approximate surface area is 81.1 Å². The van der Waals surface area contributed by atoms with Crippen LogP contribution in [0.25, 0.3) is 0 Å². The Morgan fingerprint density at radius 3 is 2.93 bits per heavy atom. The van der Waals surface area contributed by atoms with Gasteiger partial charge in [0.2, 0.25) is 5.76 Å². The molecule has 0 spiro atoms. The lowest BCUT2D eigenvalue weighted by atomic mass is 10.2. The van der Waals surface area contributed by atoms with Gasteiger partial charge in [-0.1, -0.05) is 5.16 Å². The maximum atomic E-state index is 11.6. The van der Waals surface area contributed by atoms with Crippen LogP contribution in [-0.2, 0) is 0 Å². The van der Waals surface area contributed by atoms with Crippen LogP contribution in [0.3, 0.4) is 0 Å². The van der Waals surface area contributed by atoms with Gasteiger partial charge in [-0.3, -0.25) is 4.79 Å². The number of carbonyl (C=O) groups is 1. The summed E-state index contributed by atoms with van der Waals surface area (Å²) in [6.45, 7) is 1.73. The van der Waals surface area contributed by atoms with E-state index in [-0.39, 0.29) is 18.3 Å². The molecule has 0 unspecified atom stereocenters. The molecule has 1 saturated carbocycles. The maximum absolute atomic E-state index is 11.6. The van der Waals surface area contributed by atoms with Crippen LogP contribution in [0, 0.1) is 6.92 Å². The minimum absolute atomic E-state index is 0.0219. The van der Waals surface area contributed by atoms with Crippen molar-refractivity contribution in [2.45, 2.75) is 25.3 Å². The third-order valence-electron chi connectivity index (χ3n) is 2.49. The predicted molar refractivity (Wildman–Crippen MR) is 47.8 cm³/mol. The molecule has 1 heterocycles. The van der Waals surface area contributed by atoms with Gasteiger partial charge in [0.25, 0.3) is 5.91 Å². The molecule has 1 aliphatic rings. The third kappa shape index (κ3) is 1.50. The molecule has 5 heteroatoms. The highest BCUT2D eigenvalue weighted by Gasteiger charge is 2.44. The minimum Gasteiger partial charge on any atom is -0.394 e. The van der Waals surface area contributed by atoms with Gasteiger partial charge in [-0.05, 0) is 19.8 Å². The van der Waals surface area contributed by atoms with Gasteiger partial charge in [-0.25, -0.2) is 0 Å². The van der Waals surface area contributed by atoms with E-state index >= 15 is 0 Å². The van der Waals surface area contributed by atoms with E-state index in [0.717, 1.165) is 12.8 Å². The van der Waals surface area contributed by atoms with Crippen molar-refractivity contribution in [3.63, 3.8) is 0 Å². The van der Waals surface area contributed by atoms with Crippen LogP contribution >= 0.6 is 0 Å². The van der Waals surface area contributed by atoms with Crippen LogP contribution in [-0.4, -0.2) is 28.3 Å². The van der Waals surface area contributed by atoms with Crippen LogP contribution in [0.4, 0.5) is 0 Å². The van der Waals surface area contributed by atoms with E-state index in [1.165, 1.54) is 6.20 Å². The standard InChI is InChI=1S/C9H12N2O3/c1-6-4-10-14-7(6)8(13)11-9(5-12)2-3-9/h4,12H,2-3,5H2,1H3,(H,11,13). The molecule has 1 amide bonds. The van der Waals surface area contributed by atoms with Crippen molar-refractivity contribution in [2.24, 2.45) is 0 Å². The molecule has 1 aromatic heterocycles. The van der Waals surface area contributed by atoms with Gasteiger partial charge in [0.15, 0.2) is 0 Å². The summed E-state index contributed by atoms with van der Waals surface area (Å²) in [6.07, 6.45) is 3.14. The van der Waals surface area contributed by atoms with Crippen molar-refractivity contribution in [1.29, 1.82) is 0 Å². The van der Waals surface area contributed by atoms with Gasteiger partial charge in [-0.2, -0.15) is 0 Å². The Bertz CT molecular complexity index is 355. The largest absolute Gasteiger partial charge is 0.394 e. The number of nitrogens with zero attached hydrogens (tertiary/aromatic N) is 1. The molecule has 0 aromatic carbocycles. The molecule has 0 radical (unpaired) electrons. The molecule has 1 aromatic rings. The quantitative estimate of drug-likeness (QED) is 0.726. The number of aliphatic hydroxyl groups excluding tert-OH is 1. The Balaban J connectivity index is 2.07. The van der Waals surface area contributed by atoms with E-state index in [0.29, 0.717) is 5.56 Å². The first-order chi connectivity index (χ1) is 6.67. The second-order valence-electron chi connectivity index (χ2n) is 3.73. The zero-order chi connectivity index (χ0) is 10.2. The number of carbonyl (C=O) groups excluding carboxylic acids is 1. The van der Waals surface area contributed by atoms with E-state index in [4.69, 9.17) is 9.63 Å². The first-order valence-electron chi connectivity index (χ1n) is 4.51. The van der Waals surface area contributed by atoms with Crippen LogP contribution in [0.5, 0.6) is 0 Å². The van der Waals surface area contributed by atoms with Crippen molar-refractivity contribution in [3.8, 4) is 0 Å². The molecule has 76 valence electrons. The van der Waals surface area contributed by atoms with Gasteiger partial charge in [0, 0.05) is 5.56 Å². The summed E-state index contributed by atoms with van der Waals surface area (Å²) in [4.78, 5) is 11.6. The van der Waals surface area contributed by atoms with E-state index in [9.17, 15) is 4.79 Å². The fourth-order valence-electron chi connectivity index (χ4n) is 1.28. The van der Waals surface area contributed by atoms with E-state index in [1.54, 1.807) is 6.92 Å². The Morgan fingerprint density at radius 1 is 1.79 bits per heavy atom. The summed E-state index contributed by atoms with van der Waals surface area (Å²) in [5, 5.41) is 15.3. The van der Waals surface area contributed by atoms with Crippen molar-refractivity contribution in [3.05, 3.63) is 17.5 Å². The van der Waals surface area contributed by atoms with Crippen LogP contribution in [0.1, 0.15) is 29.0 Å².